The highest BCUT2D eigenvalue weighted by Crippen LogP contribution is 2.12. The molecule has 1 aromatic rings. The number of halogens is 2. The van der Waals surface area contributed by atoms with Crippen LogP contribution in [0.1, 0.15) is 0 Å². The molecule has 2 nitrogen and oxygen atoms in total. The molecular weight excluding hydrogens is 164 g/mol. The van der Waals surface area contributed by atoms with Gasteiger partial charge in [-0.15, -0.1) is 0 Å². The third-order valence-corrected chi connectivity index (χ3v) is 1.31. The highest BCUT2D eigenvalue weighted by Gasteiger charge is 2.00. The van der Waals surface area contributed by atoms with Crippen molar-refractivity contribution >= 4 is 12.0 Å². The Morgan fingerprint density at radius 2 is 2.08 bits per heavy atom. The largest absolute Gasteiger partial charge is 0.378 e. The Morgan fingerprint density at radius 1 is 1.33 bits per heavy atom. The molecule has 0 amide bonds. The van der Waals surface area contributed by atoms with E-state index in [9.17, 15) is 13.6 Å². The van der Waals surface area contributed by atoms with Crippen molar-refractivity contribution in [1.82, 2.24) is 0 Å². The number of rotatable bonds is 3. The number of hydrogen-bond acceptors (Lipinski definition) is 2. The van der Waals surface area contributed by atoms with E-state index in [1.807, 2.05) is 0 Å². The van der Waals surface area contributed by atoms with Gasteiger partial charge in [-0.3, -0.25) is 0 Å². The molecular formula is C8H7F2NO. The summed E-state index contributed by atoms with van der Waals surface area (Å²) in [7, 11) is 0. The Balaban J connectivity index is 2.75. The predicted molar refractivity (Wildman–Crippen MR) is 40.9 cm³/mol. The number of anilines is 1. The average molecular weight is 171 g/mol. The molecule has 0 radical (unpaired) electrons. The molecule has 4 heteroatoms. The predicted octanol–water partition coefficient (Wildman–Crippen LogP) is 1.58. The summed E-state index contributed by atoms with van der Waals surface area (Å²) in [6.07, 6.45) is 0.640. The summed E-state index contributed by atoms with van der Waals surface area (Å²) in [6, 6.07) is 3.36. The lowest BCUT2D eigenvalue weighted by atomic mass is 10.3. The third kappa shape index (κ3) is 2.02. The molecule has 0 atom stereocenters. The van der Waals surface area contributed by atoms with Crippen LogP contribution in [0, 0.1) is 11.6 Å². The lowest BCUT2D eigenvalue weighted by Gasteiger charge is -2.01. The fraction of sp³-hybridized carbons (Fsp3) is 0.125. The van der Waals surface area contributed by atoms with E-state index >= 15 is 0 Å². The van der Waals surface area contributed by atoms with E-state index in [1.165, 1.54) is 6.07 Å². The van der Waals surface area contributed by atoms with Gasteiger partial charge in [0.1, 0.15) is 6.29 Å². The van der Waals surface area contributed by atoms with Gasteiger partial charge in [-0.25, -0.2) is 8.78 Å². The smallest absolute Gasteiger partial charge is 0.160 e. The second kappa shape index (κ2) is 3.80. The molecule has 1 rings (SSSR count). The van der Waals surface area contributed by atoms with Crippen LogP contribution in [0.25, 0.3) is 0 Å². The Labute approximate surface area is 68.2 Å². The van der Waals surface area contributed by atoms with Gasteiger partial charge < -0.3 is 10.1 Å². The van der Waals surface area contributed by atoms with E-state index in [4.69, 9.17) is 0 Å². The van der Waals surface area contributed by atoms with E-state index in [1.54, 1.807) is 0 Å². The van der Waals surface area contributed by atoms with Crippen molar-refractivity contribution in [2.75, 3.05) is 11.9 Å². The van der Waals surface area contributed by atoms with Crippen molar-refractivity contribution in [2.45, 2.75) is 0 Å². The van der Waals surface area contributed by atoms with E-state index in [0.717, 1.165) is 12.1 Å². The Kier molecular flexibility index (Phi) is 2.74. The first kappa shape index (κ1) is 8.64. The van der Waals surface area contributed by atoms with Gasteiger partial charge in [0.2, 0.25) is 0 Å². The van der Waals surface area contributed by atoms with Crippen LogP contribution in [0.5, 0.6) is 0 Å². The summed E-state index contributed by atoms with van der Waals surface area (Å²) in [6.45, 7) is 0.0884. The molecule has 64 valence electrons. The molecule has 1 aromatic carbocycles. The van der Waals surface area contributed by atoms with Gasteiger partial charge in [0.05, 0.1) is 6.54 Å². The Bertz CT molecular complexity index is 288. The number of carbonyl (C=O) groups excluding carboxylic acids is 1. The van der Waals surface area contributed by atoms with Crippen LogP contribution in [0.4, 0.5) is 14.5 Å². The number of carbonyl (C=O) groups is 1. The van der Waals surface area contributed by atoms with Crippen molar-refractivity contribution in [3.8, 4) is 0 Å². The number of nitrogens with one attached hydrogen (secondary N) is 1. The van der Waals surface area contributed by atoms with Gasteiger partial charge in [-0.2, -0.15) is 0 Å². The van der Waals surface area contributed by atoms with E-state index in [-0.39, 0.29) is 6.54 Å². The molecule has 0 spiro atoms. The molecule has 0 unspecified atom stereocenters. The van der Waals surface area contributed by atoms with Gasteiger partial charge in [0.15, 0.2) is 11.6 Å². The zero-order valence-corrected chi connectivity index (χ0v) is 6.18. The fourth-order valence-electron chi connectivity index (χ4n) is 0.766. The zero-order valence-electron chi connectivity index (χ0n) is 6.18. The van der Waals surface area contributed by atoms with Crippen LogP contribution >= 0.6 is 0 Å². The second-order valence-corrected chi connectivity index (χ2v) is 2.18. The number of hydrogen-bond donors (Lipinski definition) is 1. The monoisotopic (exact) mass is 171 g/mol. The molecule has 0 saturated carbocycles. The van der Waals surface area contributed by atoms with Gasteiger partial charge in [-0.1, -0.05) is 0 Å². The summed E-state index contributed by atoms with van der Waals surface area (Å²) in [5.74, 6) is -1.82. The summed E-state index contributed by atoms with van der Waals surface area (Å²) < 4.78 is 24.9. The van der Waals surface area contributed by atoms with E-state index in [0.29, 0.717) is 12.0 Å². The minimum Gasteiger partial charge on any atom is -0.378 e. The summed E-state index contributed by atoms with van der Waals surface area (Å²) in [5.41, 5.74) is 0.390. The van der Waals surface area contributed by atoms with E-state index < -0.39 is 11.6 Å². The molecule has 0 bridgehead atoms. The van der Waals surface area contributed by atoms with Gasteiger partial charge >= 0.3 is 0 Å². The van der Waals surface area contributed by atoms with Gasteiger partial charge in [-0.05, 0) is 12.1 Å². The minimum atomic E-state index is -0.925. The highest BCUT2D eigenvalue weighted by molar-refractivity contribution is 5.59. The molecule has 0 aliphatic rings. The normalized spacial score (nSPS) is 9.50. The van der Waals surface area contributed by atoms with Crippen molar-refractivity contribution in [3.05, 3.63) is 29.8 Å². The van der Waals surface area contributed by atoms with Gasteiger partial charge in [0.25, 0.3) is 0 Å². The molecule has 0 aromatic heterocycles. The standard InChI is InChI=1S/C8H7F2NO/c9-7-2-1-6(5-8(7)10)11-3-4-12/h1-2,4-5,11H,3H2. The summed E-state index contributed by atoms with van der Waals surface area (Å²) >= 11 is 0. The Morgan fingerprint density at radius 3 is 2.67 bits per heavy atom. The molecule has 0 aliphatic carbocycles. The SMILES string of the molecule is O=CCNc1ccc(F)c(F)c1. The second-order valence-electron chi connectivity index (χ2n) is 2.18. The first-order valence-electron chi connectivity index (χ1n) is 3.36. The van der Waals surface area contributed by atoms with Crippen molar-refractivity contribution in [2.24, 2.45) is 0 Å². The third-order valence-electron chi connectivity index (χ3n) is 1.31. The number of benzene rings is 1. The zero-order chi connectivity index (χ0) is 8.97. The van der Waals surface area contributed by atoms with Crippen LogP contribution in [-0.4, -0.2) is 12.8 Å². The highest BCUT2D eigenvalue weighted by atomic mass is 19.2. The molecule has 0 heterocycles. The van der Waals surface area contributed by atoms with Crippen LogP contribution in [0.2, 0.25) is 0 Å². The molecule has 12 heavy (non-hydrogen) atoms. The van der Waals surface area contributed by atoms with Crippen molar-refractivity contribution < 1.29 is 13.6 Å². The number of aldehydes is 1. The van der Waals surface area contributed by atoms with Crippen molar-refractivity contribution in [1.29, 1.82) is 0 Å². The maximum atomic E-state index is 12.5. The van der Waals surface area contributed by atoms with Gasteiger partial charge in [0, 0.05) is 11.8 Å². The molecule has 0 fully saturated rings. The van der Waals surface area contributed by atoms with Crippen molar-refractivity contribution in [3.63, 3.8) is 0 Å². The van der Waals surface area contributed by atoms with Crippen LogP contribution < -0.4 is 5.32 Å². The van der Waals surface area contributed by atoms with E-state index in [2.05, 4.69) is 5.32 Å². The van der Waals surface area contributed by atoms with Crippen LogP contribution in [0.15, 0.2) is 18.2 Å². The first-order valence-corrected chi connectivity index (χ1v) is 3.36. The minimum absolute atomic E-state index is 0.0884. The van der Waals surface area contributed by atoms with Crippen LogP contribution in [-0.2, 0) is 4.79 Å². The Hall–Kier alpha value is -1.45. The molecule has 0 aliphatic heterocycles. The lowest BCUT2D eigenvalue weighted by Crippen LogP contribution is -2.02. The quantitative estimate of drug-likeness (QED) is 0.699. The van der Waals surface area contributed by atoms with Crippen LogP contribution in [0.3, 0.4) is 0 Å². The molecule has 1 N–H and O–H groups in total. The topological polar surface area (TPSA) is 29.1 Å². The maximum Gasteiger partial charge on any atom is 0.160 e. The fourth-order valence-corrected chi connectivity index (χ4v) is 0.766. The summed E-state index contributed by atoms with van der Waals surface area (Å²) in [4.78, 5) is 9.90. The maximum absolute atomic E-state index is 12.5. The molecule has 0 saturated heterocycles. The average Bonchev–Trinajstić information content (AvgIpc) is 2.07. The first-order chi connectivity index (χ1) is 5.74. The summed E-state index contributed by atoms with van der Waals surface area (Å²) in [5, 5.41) is 2.59. The lowest BCUT2D eigenvalue weighted by molar-refractivity contribution is -0.106.